The van der Waals surface area contributed by atoms with Gasteiger partial charge in [-0.05, 0) is 57.5 Å². The zero-order valence-electron chi connectivity index (χ0n) is 13.5. The third-order valence-corrected chi connectivity index (χ3v) is 4.81. The average molecular weight is 354 g/mol. The summed E-state index contributed by atoms with van der Waals surface area (Å²) in [5, 5.41) is 0. The van der Waals surface area contributed by atoms with E-state index in [-0.39, 0.29) is 6.04 Å². The summed E-state index contributed by atoms with van der Waals surface area (Å²) in [7, 11) is 4.32. The molecule has 1 aromatic rings. The van der Waals surface area contributed by atoms with Crippen molar-refractivity contribution in [3.63, 3.8) is 0 Å². The van der Waals surface area contributed by atoms with Crippen molar-refractivity contribution in [1.29, 1.82) is 0 Å². The fourth-order valence-corrected chi connectivity index (χ4v) is 3.52. The zero-order chi connectivity index (χ0) is 15.4. The molecule has 21 heavy (non-hydrogen) atoms. The number of rotatable bonds is 6. The number of benzene rings is 1. The maximum atomic E-state index is 6.19. The van der Waals surface area contributed by atoms with Gasteiger partial charge in [0.25, 0.3) is 0 Å². The first kappa shape index (κ1) is 16.8. The normalized spacial score (nSPS) is 20.3. The molecule has 118 valence electrons. The summed E-state index contributed by atoms with van der Waals surface area (Å²) in [4.78, 5) is 4.88. The van der Waals surface area contributed by atoms with Crippen LogP contribution in [-0.2, 0) is 6.42 Å². The molecule has 1 fully saturated rings. The van der Waals surface area contributed by atoms with Crippen molar-refractivity contribution >= 4 is 21.6 Å². The molecule has 0 amide bonds. The Kier molecular flexibility index (Phi) is 6.08. The molecule has 1 saturated heterocycles. The second kappa shape index (κ2) is 7.61. The Labute approximate surface area is 137 Å². The highest BCUT2D eigenvalue weighted by Crippen LogP contribution is 2.32. The van der Waals surface area contributed by atoms with E-state index in [0.717, 1.165) is 30.4 Å². The van der Waals surface area contributed by atoms with Gasteiger partial charge in [-0.15, -0.1) is 0 Å². The van der Waals surface area contributed by atoms with Gasteiger partial charge < -0.3 is 15.5 Å². The molecular formula is C17H28BrN3. The Morgan fingerprint density at radius 2 is 2.19 bits per heavy atom. The minimum Gasteiger partial charge on any atom is -0.367 e. The van der Waals surface area contributed by atoms with E-state index in [4.69, 9.17) is 5.73 Å². The van der Waals surface area contributed by atoms with E-state index in [0.29, 0.717) is 6.04 Å². The summed E-state index contributed by atoms with van der Waals surface area (Å²) in [6, 6.07) is 7.51. The first-order valence-corrected chi connectivity index (χ1v) is 8.76. The highest BCUT2D eigenvalue weighted by Gasteiger charge is 2.27. The van der Waals surface area contributed by atoms with Gasteiger partial charge in [0.05, 0.1) is 0 Å². The van der Waals surface area contributed by atoms with Gasteiger partial charge in [-0.25, -0.2) is 0 Å². The van der Waals surface area contributed by atoms with E-state index < -0.39 is 0 Å². The van der Waals surface area contributed by atoms with Crippen LogP contribution in [0.25, 0.3) is 0 Å². The molecule has 1 aliphatic rings. The van der Waals surface area contributed by atoms with Crippen molar-refractivity contribution in [2.75, 3.05) is 32.1 Å². The lowest BCUT2D eigenvalue weighted by Gasteiger charge is -2.31. The van der Waals surface area contributed by atoms with Crippen molar-refractivity contribution in [3.05, 3.63) is 28.2 Å². The Bertz CT molecular complexity index is 461. The molecule has 0 spiro atoms. The van der Waals surface area contributed by atoms with Crippen LogP contribution in [0.1, 0.15) is 31.7 Å². The average Bonchev–Trinajstić information content (AvgIpc) is 2.87. The predicted octanol–water partition coefficient (Wildman–Crippen LogP) is 3.26. The molecule has 4 heteroatoms. The first-order valence-electron chi connectivity index (χ1n) is 7.96. The van der Waals surface area contributed by atoms with Crippen LogP contribution in [0.2, 0.25) is 0 Å². The minimum absolute atomic E-state index is 0.250. The van der Waals surface area contributed by atoms with E-state index in [2.05, 4.69) is 64.9 Å². The molecule has 1 aromatic carbocycles. The Morgan fingerprint density at radius 1 is 1.43 bits per heavy atom. The number of halogens is 1. The summed E-state index contributed by atoms with van der Waals surface area (Å²) in [6.07, 6.45) is 4.55. The Hall–Kier alpha value is -0.580. The van der Waals surface area contributed by atoms with E-state index in [1.54, 1.807) is 0 Å². The molecule has 2 rings (SSSR count). The maximum Gasteiger partial charge on any atom is 0.0417 e. The fraction of sp³-hybridized carbons (Fsp3) is 0.647. The number of nitrogens with zero attached hydrogens (tertiary/aromatic N) is 2. The standard InChI is InChI=1S/C17H28BrN3/c1-4-15(19)10-13-7-8-14(18)11-17(13)21-9-5-6-16(21)12-20(2)3/h7-8,11,15-16H,4-6,9-10,12,19H2,1-3H3. The number of anilines is 1. The van der Waals surface area contributed by atoms with Gasteiger partial charge in [-0.3, -0.25) is 0 Å². The van der Waals surface area contributed by atoms with E-state index in [1.807, 2.05) is 0 Å². The molecule has 0 bridgehead atoms. The lowest BCUT2D eigenvalue weighted by molar-refractivity contribution is 0.372. The van der Waals surface area contributed by atoms with Crippen LogP contribution in [0, 0.1) is 0 Å². The SMILES string of the molecule is CCC(N)Cc1ccc(Br)cc1N1CCCC1CN(C)C. The molecule has 2 unspecified atom stereocenters. The smallest absolute Gasteiger partial charge is 0.0417 e. The molecule has 1 heterocycles. The molecule has 0 aromatic heterocycles. The maximum absolute atomic E-state index is 6.19. The number of likely N-dealkylation sites (N-methyl/N-ethyl adjacent to an activating group) is 1. The van der Waals surface area contributed by atoms with Crippen LogP contribution >= 0.6 is 15.9 Å². The second-order valence-electron chi connectivity index (χ2n) is 6.40. The van der Waals surface area contributed by atoms with Gasteiger partial charge in [0.1, 0.15) is 0 Å². The first-order chi connectivity index (χ1) is 10.0. The quantitative estimate of drug-likeness (QED) is 0.851. The summed E-state index contributed by atoms with van der Waals surface area (Å²) >= 11 is 3.63. The van der Waals surface area contributed by atoms with Crippen molar-refractivity contribution < 1.29 is 0 Å². The predicted molar refractivity (Wildman–Crippen MR) is 95.0 cm³/mol. The Morgan fingerprint density at radius 3 is 2.86 bits per heavy atom. The van der Waals surface area contributed by atoms with Crippen LogP contribution in [0.15, 0.2) is 22.7 Å². The van der Waals surface area contributed by atoms with E-state index >= 15 is 0 Å². The molecule has 0 aliphatic carbocycles. The van der Waals surface area contributed by atoms with Crippen LogP contribution in [-0.4, -0.2) is 44.2 Å². The van der Waals surface area contributed by atoms with Gasteiger partial charge in [0.15, 0.2) is 0 Å². The molecule has 1 aliphatic heterocycles. The van der Waals surface area contributed by atoms with Gasteiger partial charge >= 0.3 is 0 Å². The Balaban J connectivity index is 2.25. The summed E-state index contributed by atoms with van der Waals surface area (Å²) < 4.78 is 1.15. The van der Waals surface area contributed by atoms with Crippen molar-refractivity contribution in [3.8, 4) is 0 Å². The van der Waals surface area contributed by atoms with Crippen LogP contribution in [0.3, 0.4) is 0 Å². The molecule has 0 saturated carbocycles. The largest absolute Gasteiger partial charge is 0.367 e. The highest BCUT2D eigenvalue weighted by atomic mass is 79.9. The third kappa shape index (κ3) is 4.44. The van der Waals surface area contributed by atoms with Gasteiger partial charge in [0.2, 0.25) is 0 Å². The van der Waals surface area contributed by atoms with E-state index in [1.165, 1.54) is 24.1 Å². The zero-order valence-corrected chi connectivity index (χ0v) is 15.1. The fourth-order valence-electron chi connectivity index (χ4n) is 3.17. The monoisotopic (exact) mass is 353 g/mol. The van der Waals surface area contributed by atoms with Crippen molar-refractivity contribution in [2.24, 2.45) is 5.73 Å². The van der Waals surface area contributed by atoms with Crippen LogP contribution < -0.4 is 10.6 Å². The van der Waals surface area contributed by atoms with E-state index in [9.17, 15) is 0 Å². The van der Waals surface area contributed by atoms with Crippen molar-refractivity contribution in [1.82, 2.24) is 4.90 Å². The van der Waals surface area contributed by atoms with Gasteiger partial charge in [0, 0.05) is 35.3 Å². The van der Waals surface area contributed by atoms with Crippen LogP contribution in [0.4, 0.5) is 5.69 Å². The molecular weight excluding hydrogens is 326 g/mol. The number of hydrogen-bond donors (Lipinski definition) is 1. The molecule has 3 nitrogen and oxygen atoms in total. The van der Waals surface area contributed by atoms with Gasteiger partial charge in [-0.1, -0.05) is 28.9 Å². The minimum atomic E-state index is 0.250. The highest BCUT2D eigenvalue weighted by molar-refractivity contribution is 9.10. The van der Waals surface area contributed by atoms with Gasteiger partial charge in [-0.2, -0.15) is 0 Å². The molecule has 2 atom stereocenters. The molecule has 0 radical (unpaired) electrons. The lowest BCUT2D eigenvalue weighted by atomic mass is 10.0. The summed E-state index contributed by atoms with van der Waals surface area (Å²) in [6.45, 7) is 4.43. The third-order valence-electron chi connectivity index (χ3n) is 4.32. The van der Waals surface area contributed by atoms with Crippen molar-refractivity contribution in [2.45, 2.75) is 44.7 Å². The summed E-state index contributed by atoms with van der Waals surface area (Å²) in [5.74, 6) is 0. The summed E-state index contributed by atoms with van der Waals surface area (Å²) in [5.41, 5.74) is 8.95. The molecule has 2 N–H and O–H groups in total. The lowest BCUT2D eigenvalue weighted by Crippen LogP contribution is -2.38. The topological polar surface area (TPSA) is 32.5 Å². The number of hydrogen-bond acceptors (Lipinski definition) is 3. The number of nitrogens with two attached hydrogens (primary N) is 1. The second-order valence-corrected chi connectivity index (χ2v) is 7.31. The van der Waals surface area contributed by atoms with Crippen LogP contribution in [0.5, 0.6) is 0 Å².